The summed E-state index contributed by atoms with van der Waals surface area (Å²) in [5.74, 6) is 0.0147. The van der Waals surface area contributed by atoms with E-state index >= 15 is 0 Å². The molecule has 0 amide bonds. The van der Waals surface area contributed by atoms with Gasteiger partial charge in [0.2, 0.25) is 0 Å². The van der Waals surface area contributed by atoms with Gasteiger partial charge in [0.15, 0.2) is 0 Å². The van der Waals surface area contributed by atoms with Crippen molar-refractivity contribution in [1.29, 1.82) is 0 Å². The van der Waals surface area contributed by atoms with Crippen LogP contribution in [-0.2, 0) is 4.79 Å². The Morgan fingerprint density at radius 2 is 2.15 bits per heavy atom. The van der Waals surface area contributed by atoms with Gasteiger partial charge in [0.05, 0.1) is 0 Å². The van der Waals surface area contributed by atoms with Crippen LogP contribution in [0.15, 0.2) is 6.33 Å². The maximum atomic E-state index is 10.7. The van der Waals surface area contributed by atoms with Gasteiger partial charge >= 0.3 is 5.97 Å². The lowest BCUT2D eigenvalue weighted by molar-refractivity contribution is -0.140. The standard InChI is InChI=1S/C8H13N3O2/c1-5(2)7-10-9-4-11(7)6(3)8(12)13/h4-6H,1-3H3,(H,12,13). The van der Waals surface area contributed by atoms with Crippen LogP contribution >= 0.6 is 0 Å². The molecule has 72 valence electrons. The van der Waals surface area contributed by atoms with Crippen LogP contribution in [0.5, 0.6) is 0 Å². The molecule has 1 N–H and O–H groups in total. The zero-order valence-electron chi connectivity index (χ0n) is 7.93. The zero-order chi connectivity index (χ0) is 10.0. The van der Waals surface area contributed by atoms with Gasteiger partial charge in [-0.2, -0.15) is 0 Å². The van der Waals surface area contributed by atoms with Crippen molar-refractivity contribution < 1.29 is 9.90 Å². The molecule has 0 aromatic carbocycles. The van der Waals surface area contributed by atoms with E-state index in [0.29, 0.717) is 5.82 Å². The van der Waals surface area contributed by atoms with Crippen LogP contribution in [0.4, 0.5) is 0 Å². The molecule has 0 aliphatic heterocycles. The van der Waals surface area contributed by atoms with Gasteiger partial charge in [-0.25, -0.2) is 4.79 Å². The van der Waals surface area contributed by atoms with E-state index in [0.717, 1.165) is 0 Å². The molecule has 1 unspecified atom stereocenters. The molecule has 0 radical (unpaired) electrons. The third-order valence-electron chi connectivity index (χ3n) is 1.89. The maximum absolute atomic E-state index is 10.7. The number of rotatable bonds is 3. The van der Waals surface area contributed by atoms with Crippen LogP contribution in [0.25, 0.3) is 0 Å². The smallest absolute Gasteiger partial charge is 0.326 e. The summed E-state index contributed by atoms with van der Waals surface area (Å²) in [5.41, 5.74) is 0. The molecule has 0 aliphatic carbocycles. The van der Waals surface area contributed by atoms with Crippen molar-refractivity contribution in [3.8, 4) is 0 Å². The molecule has 0 saturated carbocycles. The fourth-order valence-electron chi connectivity index (χ4n) is 1.08. The average Bonchev–Trinajstić information content (AvgIpc) is 2.50. The van der Waals surface area contributed by atoms with E-state index in [-0.39, 0.29) is 5.92 Å². The van der Waals surface area contributed by atoms with Crippen LogP contribution in [0, 0.1) is 0 Å². The van der Waals surface area contributed by atoms with Crippen LogP contribution in [-0.4, -0.2) is 25.8 Å². The average molecular weight is 183 g/mol. The summed E-state index contributed by atoms with van der Waals surface area (Å²) in [7, 11) is 0. The van der Waals surface area contributed by atoms with Gasteiger partial charge in [0, 0.05) is 5.92 Å². The Balaban J connectivity index is 3.00. The lowest BCUT2D eigenvalue weighted by atomic mass is 10.2. The van der Waals surface area contributed by atoms with Gasteiger partial charge in [-0.15, -0.1) is 10.2 Å². The minimum Gasteiger partial charge on any atom is -0.480 e. The molecule has 5 heteroatoms. The molecule has 13 heavy (non-hydrogen) atoms. The highest BCUT2D eigenvalue weighted by Gasteiger charge is 2.18. The first-order valence-electron chi connectivity index (χ1n) is 4.16. The Labute approximate surface area is 76.4 Å². The summed E-state index contributed by atoms with van der Waals surface area (Å²) in [6, 6.07) is -0.604. The Hall–Kier alpha value is -1.39. The molecule has 0 saturated heterocycles. The number of nitrogens with zero attached hydrogens (tertiary/aromatic N) is 3. The van der Waals surface area contributed by atoms with Gasteiger partial charge < -0.3 is 9.67 Å². The minimum absolute atomic E-state index is 0.185. The molecule has 0 spiro atoms. The van der Waals surface area contributed by atoms with Crippen molar-refractivity contribution in [2.45, 2.75) is 32.7 Å². The predicted octanol–water partition coefficient (Wildman–Crippen LogP) is 1.05. The Morgan fingerprint density at radius 1 is 1.54 bits per heavy atom. The molecule has 1 rings (SSSR count). The van der Waals surface area contributed by atoms with E-state index in [1.807, 2.05) is 13.8 Å². The molecule has 5 nitrogen and oxygen atoms in total. The van der Waals surface area contributed by atoms with E-state index in [9.17, 15) is 4.79 Å². The number of hydrogen-bond donors (Lipinski definition) is 1. The summed E-state index contributed by atoms with van der Waals surface area (Å²) in [5, 5.41) is 16.3. The maximum Gasteiger partial charge on any atom is 0.326 e. The molecule has 1 atom stereocenters. The summed E-state index contributed by atoms with van der Waals surface area (Å²) in [4.78, 5) is 10.7. The second kappa shape index (κ2) is 3.55. The molecular weight excluding hydrogens is 170 g/mol. The highest BCUT2D eigenvalue weighted by molar-refractivity contribution is 5.71. The van der Waals surface area contributed by atoms with E-state index in [4.69, 9.17) is 5.11 Å². The first kappa shape index (κ1) is 9.70. The lowest BCUT2D eigenvalue weighted by Crippen LogP contribution is -2.17. The van der Waals surface area contributed by atoms with Gasteiger partial charge in [-0.05, 0) is 6.92 Å². The molecule has 0 bridgehead atoms. The Bertz CT molecular complexity index is 306. The third kappa shape index (κ3) is 1.85. The largest absolute Gasteiger partial charge is 0.480 e. The number of carbonyl (C=O) groups is 1. The first-order valence-corrected chi connectivity index (χ1v) is 4.16. The summed E-state index contributed by atoms with van der Waals surface area (Å²) in [6.07, 6.45) is 1.45. The van der Waals surface area contributed by atoms with Crippen molar-refractivity contribution in [2.75, 3.05) is 0 Å². The Kier molecular flexibility index (Phi) is 2.65. The fourth-order valence-corrected chi connectivity index (χ4v) is 1.08. The van der Waals surface area contributed by atoms with Crippen LogP contribution in [0.3, 0.4) is 0 Å². The topological polar surface area (TPSA) is 68.0 Å². The van der Waals surface area contributed by atoms with E-state index in [1.54, 1.807) is 11.5 Å². The number of carboxylic acid groups (broad SMARTS) is 1. The quantitative estimate of drug-likeness (QED) is 0.760. The number of aromatic nitrogens is 3. The highest BCUT2D eigenvalue weighted by atomic mass is 16.4. The number of carboxylic acids is 1. The van der Waals surface area contributed by atoms with Gasteiger partial charge in [-0.3, -0.25) is 0 Å². The third-order valence-corrected chi connectivity index (χ3v) is 1.89. The van der Waals surface area contributed by atoms with E-state index in [1.165, 1.54) is 6.33 Å². The monoisotopic (exact) mass is 183 g/mol. The molecular formula is C8H13N3O2. The summed E-state index contributed by atoms with van der Waals surface area (Å²) < 4.78 is 1.58. The summed E-state index contributed by atoms with van der Waals surface area (Å²) >= 11 is 0. The Morgan fingerprint density at radius 3 is 2.62 bits per heavy atom. The van der Waals surface area contributed by atoms with Crippen LogP contribution in [0.2, 0.25) is 0 Å². The molecule has 1 aromatic heterocycles. The SMILES string of the molecule is CC(C)c1nncn1C(C)C(=O)O. The van der Waals surface area contributed by atoms with E-state index in [2.05, 4.69) is 10.2 Å². The van der Waals surface area contributed by atoms with Gasteiger partial charge in [0.25, 0.3) is 0 Å². The minimum atomic E-state index is -0.873. The number of hydrogen-bond acceptors (Lipinski definition) is 3. The predicted molar refractivity (Wildman–Crippen MR) is 46.5 cm³/mol. The van der Waals surface area contributed by atoms with Crippen LogP contribution < -0.4 is 0 Å². The molecule has 1 heterocycles. The van der Waals surface area contributed by atoms with Crippen molar-refractivity contribution >= 4 is 5.97 Å². The second-order valence-corrected chi connectivity index (χ2v) is 3.27. The molecule has 0 fully saturated rings. The molecule has 0 aliphatic rings. The van der Waals surface area contributed by atoms with Gasteiger partial charge in [-0.1, -0.05) is 13.8 Å². The van der Waals surface area contributed by atoms with E-state index < -0.39 is 12.0 Å². The van der Waals surface area contributed by atoms with Crippen molar-refractivity contribution in [3.63, 3.8) is 0 Å². The first-order chi connectivity index (χ1) is 6.04. The van der Waals surface area contributed by atoms with Crippen molar-refractivity contribution in [2.24, 2.45) is 0 Å². The lowest BCUT2D eigenvalue weighted by Gasteiger charge is -2.12. The van der Waals surface area contributed by atoms with Crippen molar-refractivity contribution in [1.82, 2.24) is 14.8 Å². The highest BCUT2D eigenvalue weighted by Crippen LogP contribution is 2.15. The fraction of sp³-hybridized carbons (Fsp3) is 0.625. The summed E-state index contributed by atoms with van der Waals surface area (Å²) in [6.45, 7) is 5.52. The zero-order valence-corrected chi connectivity index (χ0v) is 7.93. The normalized spacial score (nSPS) is 13.2. The number of aliphatic carboxylic acids is 1. The van der Waals surface area contributed by atoms with Crippen molar-refractivity contribution in [3.05, 3.63) is 12.2 Å². The molecule has 1 aromatic rings. The second-order valence-electron chi connectivity index (χ2n) is 3.27. The van der Waals surface area contributed by atoms with Crippen LogP contribution in [0.1, 0.15) is 38.6 Å². The van der Waals surface area contributed by atoms with Gasteiger partial charge in [0.1, 0.15) is 18.2 Å².